The zero-order chi connectivity index (χ0) is 27.2. The molecule has 8 unspecified atom stereocenters. The molecule has 0 saturated heterocycles. The van der Waals surface area contributed by atoms with Gasteiger partial charge in [0.25, 0.3) is 0 Å². The third kappa shape index (κ3) is 8.78. The summed E-state index contributed by atoms with van der Waals surface area (Å²) in [5, 5.41) is 0. The van der Waals surface area contributed by atoms with Crippen molar-refractivity contribution in [1.82, 2.24) is 4.90 Å². The molecule has 0 bridgehead atoms. The van der Waals surface area contributed by atoms with Gasteiger partial charge < -0.3 is 10.6 Å². The highest BCUT2D eigenvalue weighted by atomic mass is 15.1. The predicted octanol–water partition coefficient (Wildman–Crippen LogP) is 10.4. The van der Waals surface area contributed by atoms with Crippen molar-refractivity contribution in [3.8, 4) is 0 Å². The van der Waals surface area contributed by atoms with E-state index in [1.165, 1.54) is 51.4 Å². The molecule has 2 nitrogen and oxygen atoms in total. The van der Waals surface area contributed by atoms with Crippen LogP contribution in [-0.4, -0.2) is 25.5 Å². The molecule has 4 fully saturated rings. The van der Waals surface area contributed by atoms with E-state index in [-0.39, 0.29) is 7.43 Å². The van der Waals surface area contributed by atoms with E-state index in [2.05, 4.69) is 45.0 Å². The normalized spacial score (nSPS) is 35.4. The number of hydrogen-bond donors (Lipinski definition) is 1. The Hall–Kier alpha value is -0.500. The maximum Gasteiger partial charge on any atom is 0.0174 e. The molecule has 0 aromatic heterocycles. The SMILES string of the molecule is C.C=C(C)N(C)CCC1CCC2C3CCC4CC(CC)CCC4C3CCC12C.CC.CC.CC.CN. The van der Waals surface area contributed by atoms with Crippen molar-refractivity contribution in [2.24, 2.45) is 52.6 Å². The van der Waals surface area contributed by atoms with Crippen molar-refractivity contribution < 1.29 is 0 Å². The van der Waals surface area contributed by atoms with E-state index in [0.717, 1.165) is 41.4 Å². The molecule has 0 aromatic carbocycles. The summed E-state index contributed by atoms with van der Waals surface area (Å²) in [5.41, 5.74) is 6.37. The molecular weight excluding hydrogens is 436 g/mol. The van der Waals surface area contributed by atoms with Crippen molar-refractivity contribution in [2.45, 2.75) is 140 Å². The smallest absolute Gasteiger partial charge is 0.0174 e. The van der Waals surface area contributed by atoms with E-state index in [4.69, 9.17) is 0 Å². The van der Waals surface area contributed by atoms with Crippen LogP contribution in [0, 0.1) is 46.8 Å². The van der Waals surface area contributed by atoms with Crippen LogP contribution in [0.15, 0.2) is 12.3 Å². The van der Waals surface area contributed by atoms with Crippen molar-refractivity contribution in [1.29, 1.82) is 0 Å². The third-order valence-electron chi connectivity index (χ3n) is 10.3. The number of nitrogens with zero attached hydrogens (tertiary/aromatic N) is 1. The molecule has 8 atom stereocenters. The molecule has 4 rings (SSSR count). The van der Waals surface area contributed by atoms with Crippen LogP contribution >= 0.6 is 0 Å². The lowest BCUT2D eigenvalue weighted by atomic mass is 9.49. The Balaban J connectivity index is 0. The van der Waals surface area contributed by atoms with Gasteiger partial charge in [-0.05, 0) is 119 Å². The Kier molecular flexibility index (Phi) is 20.4. The molecule has 0 aromatic rings. The largest absolute Gasteiger partial charge is 0.379 e. The standard InChI is InChI=1S/C26H45N.3C2H6.CH5N.CH4/c1-6-19-7-10-22-20(17-19)8-11-24-23(22)13-15-26(4)21(9-12-25(24)26)14-16-27(5)18(2)3;4*1-2;/h19-25H,2,6-17H2,1,3-5H3;3*1-2H3;2H2,1H3;1H4. The van der Waals surface area contributed by atoms with Crippen LogP contribution in [-0.2, 0) is 0 Å². The second-order valence-electron chi connectivity index (χ2n) is 11.3. The van der Waals surface area contributed by atoms with Gasteiger partial charge >= 0.3 is 0 Å². The highest BCUT2D eigenvalue weighted by Gasteiger charge is 2.56. The molecular formula is C34H72N2. The van der Waals surface area contributed by atoms with Crippen LogP contribution in [0.4, 0.5) is 0 Å². The Morgan fingerprint density at radius 1 is 0.861 bits per heavy atom. The van der Waals surface area contributed by atoms with Gasteiger partial charge in [-0.2, -0.15) is 0 Å². The highest BCUT2D eigenvalue weighted by molar-refractivity contribution is 5.06. The van der Waals surface area contributed by atoms with E-state index >= 15 is 0 Å². The van der Waals surface area contributed by atoms with E-state index in [1.807, 2.05) is 41.5 Å². The first-order valence-corrected chi connectivity index (χ1v) is 15.9. The van der Waals surface area contributed by atoms with Crippen molar-refractivity contribution in [3.63, 3.8) is 0 Å². The van der Waals surface area contributed by atoms with Gasteiger partial charge in [0.15, 0.2) is 0 Å². The highest BCUT2D eigenvalue weighted by Crippen LogP contribution is 2.65. The maximum absolute atomic E-state index is 4.50. The first-order valence-electron chi connectivity index (χ1n) is 15.9. The molecule has 4 aliphatic rings. The first kappa shape index (κ1) is 37.7. The van der Waals surface area contributed by atoms with Gasteiger partial charge in [0, 0.05) is 19.3 Å². The zero-order valence-electron chi connectivity index (χ0n) is 26.3. The second-order valence-corrected chi connectivity index (χ2v) is 11.3. The van der Waals surface area contributed by atoms with E-state index in [0.29, 0.717) is 5.41 Å². The maximum atomic E-state index is 4.50. The third-order valence-corrected chi connectivity index (χ3v) is 10.3. The fraction of sp³-hybridized carbons (Fsp3) is 0.941. The second kappa shape index (κ2) is 19.6. The minimum atomic E-state index is 0. The number of nitrogens with two attached hydrogens (primary N) is 1. The topological polar surface area (TPSA) is 29.3 Å². The van der Waals surface area contributed by atoms with Gasteiger partial charge in [-0.25, -0.2) is 0 Å². The van der Waals surface area contributed by atoms with E-state index in [1.54, 1.807) is 38.5 Å². The molecule has 0 amide bonds. The lowest BCUT2D eigenvalue weighted by Crippen LogP contribution is -2.48. The Morgan fingerprint density at radius 3 is 2.00 bits per heavy atom. The Bertz CT molecular complexity index is 543. The lowest BCUT2D eigenvalue weighted by molar-refractivity contribution is -0.0692. The fourth-order valence-electron chi connectivity index (χ4n) is 8.44. The summed E-state index contributed by atoms with van der Waals surface area (Å²) in [6.45, 7) is 24.6. The number of rotatable bonds is 5. The average Bonchev–Trinajstić information content (AvgIpc) is 3.27. The monoisotopic (exact) mass is 509 g/mol. The quantitative estimate of drug-likeness (QED) is 0.400. The molecule has 0 radical (unpaired) electrons. The summed E-state index contributed by atoms with van der Waals surface area (Å²) in [5.74, 6) is 7.42. The molecule has 0 spiro atoms. The summed E-state index contributed by atoms with van der Waals surface area (Å²) in [7, 11) is 3.72. The van der Waals surface area contributed by atoms with Gasteiger partial charge in [0.2, 0.25) is 0 Å². The Labute approximate surface area is 230 Å². The molecule has 0 aliphatic heterocycles. The van der Waals surface area contributed by atoms with Crippen molar-refractivity contribution in [2.75, 3.05) is 20.6 Å². The Morgan fingerprint density at radius 2 is 1.44 bits per heavy atom. The molecule has 36 heavy (non-hydrogen) atoms. The molecule has 218 valence electrons. The summed E-state index contributed by atoms with van der Waals surface area (Å²) in [6.07, 6.45) is 16.8. The molecule has 2 heteroatoms. The van der Waals surface area contributed by atoms with Crippen LogP contribution in [0.25, 0.3) is 0 Å². The van der Waals surface area contributed by atoms with Crippen LogP contribution in [0.1, 0.15) is 140 Å². The number of hydrogen-bond acceptors (Lipinski definition) is 2. The summed E-state index contributed by atoms with van der Waals surface area (Å²) >= 11 is 0. The average molecular weight is 509 g/mol. The minimum Gasteiger partial charge on any atom is -0.379 e. The van der Waals surface area contributed by atoms with Crippen LogP contribution in [0.5, 0.6) is 0 Å². The molecule has 4 saturated carbocycles. The summed E-state index contributed by atoms with van der Waals surface area (Å²) < 4.78 is 0. The van der Waals surface area contributed by atoms with Gasteiger partial charge in [-0.1, -0.05) is 82.2 Å². The predicted molar refractivity (Wildman–Crippen MR) is 167 cm³/mol. The van der Waals surface area contributed by atoms with Crippen molar-refractivity contribution in [3.05, 3.63) is 12.3 Å². The van der Waals surface area contributed by atoms with E-state index < -0.39 is 0 Å². The van der Waals surface area contributed by atoms with Crippen LogP contribution < -0.4 is 5.73 Å². The van der Waals surface area contributed by atoms with Crippen LogP contribution in [0.3, 0.4) is 0 Å². The first-order chi connectivity index (χ1) is 16.9. The fourth-order valence-corrected chi connectivity index (χ4v) is 8.44. The molecule has 2 N–H and O–H groups in total. The van der Waals surface area contributed by atoms with Gasteiger partial charge in [-0.15, -0.1) is 0 Å². The minimum absolute atomic E-state index is 0. The zero-order valence-corrected chi connectivity index (χ0v) is 26.3. The van der Waals surface area contributed by atoms with Crippen molar-refractivity contribution >= 4 is 0 Å². The molecule has 4 aliphatic carbocycles. The van der Waals surface area contributed by atoms with Gasteiger partial charge in [0.05, 0.1) is 0 Å². The van der Waals surface area contributed by atoms with Crippen LogP contribution in [0.2, 0.25) is 0 Å². The number of fused-ring (bicyclic) bond motifs is 5. The van der Waals surface area contributed by atoms with Gasteiger partial charge in [-0.3, -0.25) is 0 Å². The lowest BCUT2D eigenvalue weighted by Gasteiger charge is -2.56. The summed E-state index contributed by atoms with van der Waals surface area (Å²) in [6, 6.07) is 0. The van der Waals surface area contributed by atoms with Gasteiger partial charge in [0.1, 0.15) is 0 Å². The van der Waals surface area contributed by atoms with E-state index in [9.17, 15) is 0 Å². The molecule has 0 heterocycles. The summed E-state index contributed by atoms with van der Waals surface area (Å²) in [4.78, 5) is 2.37. The number of allylic oxidation sites excluding steroid dienone is 1.